The summed E-state index contributed by atoms with van der Waals surface area (Å²) >= 11 is 1.36. The van der Waals surface area contributed by atoms with E-state index in [1.54, 1.807) is 26.3 Å². The number of carbonyl (C=O) groups is 2. The maximum atomic E-state index is 13.6. The number of nitrogens with zero attached hydrogens (tertiary/aromatic N) is 2. The molecule has 35 heavy (non-hydrogen) atoms. The first kappa shape index (κ1) is 28.9. The third kappa shape index (κ3) is 7.85. The highest BCUT2D eigenvalue weighted by molar-refractivity contribution is 8.01. The van der Waals surface area contributed by atoms with Crippen molar-refractivity contribution in [3.63, 3.8) is 0 Å². The van der Waals surface area contributed by atoms with Gasteiger partial charge in [-0.25, -0.2) is 13.9 Å². The predicted octanol–water partition coefficient (Wildman–Crippen LogP) is 0.915. The fourth-order valence-electron chi connectivity index (χ4n) is 3.77. The Morgan fingerprint density at radius 1 is 1.29 bits per heavy atom. The Labute approximate surface area is 211 Å². The standard InChI is InChI=1S/C23H34N4O6S2/c1-6-7-14-33-17-8-10-19(11-9-17)35(31,32)27-16-18(15-20(28)24-12-13-26(4)5)34-23(2,3)21(27)22(29)25-30/h8-11,18,21,30H,12-16H2,1-5H3,(H,24,28)(H,25,29)/t18-,21-/m0/s1. The highest BCUT2D eigenvalue weighted by Crippen LogP contribution is 2.43. The van der Waals surface area contributed by atoms with Crippen LogP contribution in [0, 0.1) is 11.8 Å². The second-order valence-corrected chi connectivity index (χ2v) is 12.7. The molecule has 0 aliphatic carbocycles. The maximum absolute atomic E-state index is 13.6. The van der Waals surface area contributed by atoms with Crippen molar-refractivity contribution in [2.24, 2.45) is 0 Å². The van der Waals surface area contributed by atoms with Crippen molar-refractivity contribution in [1.82, 2.24) is 20.0 Å². The number of benzene rings is 1. The Bertz CT molecular complexity index is 1050. The third-order valence-electron chi connectivity index (χ3n) is 5.37. The number of hydroxylamine groups is 1. The summed E-state index contributed by atoms with van der Waals surface area (Å²) in [7, 11) is -0.347. The maximum Gasteiger partial charge on any atom is 0.263 e. The molecule has 2 amide bonds. The monoisotopic (exact) mass is 526 g/mol. The van der Waals surface area contributed by atoms with Crippen LogP contribution >= 0.6 is 11.8 Å². The van der Waals surface area contributed by atoms with E-state index in [0.717, 1.165) is 4.31 Å². The molecule has 2 atom stereocenters. The van der Waals surface area contributed by atoms with Gasteiger partial charge >= 0.3 is 0 Å². The molecule has 1 aromatic carbocycles. The number of sulfonamides is 1. The molecular weight excluding hydrogens is 492 g/mol. The second kappa shape index (κ2) is 12.6. The molecule has 3 N–H and O–H groups in total. The van der Waals surface area contributed by atoms with Gasteiger partial charge < -0.3 is 15.0 Å². The molecule has 0 aromatic heterocycles. The molecule has 0 saturated carbocycles. The van der Waals surface area contributed by atoms with Gasteiger partial charge in [0.2, 0.25) is 15.9 Å². The van der Waals surface area contributed by atoms with E-state index < -0.39 is 32.0 Å². The molecule has 1 aromatic rings. The first-order chi connectivity index (χ1) is 16.4. The molecule has 1 saturated heterocycles. The van der Waals surface area contributed by atoms with Crippen LogP contribution in [0.15, 0.2) is 29.2 Å². The van der Waals surface area contributed by atoms with Crippen LogP contribution in [0.2, 0.25) is 0 Å². The largest absolute Gasteiger partial charge is 0.481 e. The summed E-state index contributed by atoms with van der Waals surface area (Å²) in [5.41, 5.74) is 1.60. The van der Waals surface area contributed by atoms with Crippen LogP contribution in [0.5, 0.6) is 5.75 Å². The zero-order chi connectivity index (χ0) is 26.2. The number of carbonyl (C=O) groups excluding carboxylic acids is 2. The minimum Gasteiger partial charge on any atom is -0.481 e. The highest BCUT2D eigenvalue weighted by atomic mass is 32.2. The summed E-state index contributed by atoms with van der Waals surface area (Å²) in [5.74, 6) is 4.90. The van der Waals surface area contributed by atoms with Crippen LogP contribution in [0.3, 0.4) is 0 Å². The molecule has 0 bridgehead atoms. The topological polar surface area (TPSA) is 128 Å². The van der Waals surface area contributed by atoms with Gasteiger partial charge in [-0.2, -0.15) is 4.31 Å². The lowest BCUT2D eigenvalue weighted by molar-refractivity contribution is -0.134. The minimum atomic E-state index is -4.15. The zero-order valence-electron chi connectivity index (χ0n) is 20.7. The first-order valence-electron chi connectivity index (χ1n) is 11.1. The molecule has 1 aliphatic heterocycles. The van der Waals surface area contributed by atoms with Crippen LogP contribution in [-0.4, -0.2) is 91.0 Å². The van der Waals surface area contributed by atoms with E-state index in [4.69, 9.17) is 4.74 Å². The number of rotatable bonds is 10. The number of ether oxygens (including phenoxy) is 1. The smallest absolute Gasteiger partial charge is 0.263 e. The summed E-state index contributed by atoms with van der Waals surface area (Å²) in [5, 5.41) is 11.8. The Kier molecular flexibility index (Phi) is 10.4. The van der Waals surface area contributed by atoms with Crippen LogP contribution in [0.4, 0.5) is 0 Å². The Balaban J connectivity index is 2.30. The first-order valence-corrected chi connectivity index (χ1v) is 13.4. The molecule has 1 fully saturated rings. The summed E-state index contributed by atoms with van der Waals surface area (Å²) in [6, 6.07) is 4.65. The normalized spacial score (nSPS) is 20.0. The fourth-order valence-corrected chi connectivity index (χ4v) is 7.38. The Morgan fingerprint density at radius 2 is 1.94 bits per heavy atom. The SMILES string of the molecule is CC#CCOc1ccc(S(=O)(=O)N2C[C@H](CC(=O)NCCN(C)C)SC(C)(C)[C@@H]2C(=O)NO)cc1. The summed E-state index contributed by atoms with van der Waals surface area (Å²) in [6.07, 6.45) is 0.0895. The van der Waals surface area contributed by atoms with Crippen molar-refractivity contribution in [3.8, 4) is 17.6 Å². The number of hydrogen-bond donors (Lipinski definition) is 3. The van der Waals surface area contributed by atoms with Crippen molar-refractivity contribution in [2.45, 2.75) is 48.1 Å². The lowest BCUT2D eigenvalue weighted by Gasteiger charge is -2.46. The van der Waals surface area contributed by atoms with E-state index >= 15 is 0 Å². The van der Waals surface area contributed by atoms with E-state index in [1.165, 1.54) is 36.0 Å². The summed E-state index contributed by atoms with van der Waals surface area (Å²) in [6.45, 7) is 6.40. The number of likely N-dealkylation sites (N-methyl/N-ethyl adjacent to an activating group) is 1. The molecule has 0 spiro atoms. The van der Waals surface area contributed by atoms with Gasteiger partial charge in [-0.3, -0.25) is 14.8 Å². The van der Waals surface area contributed by atoms with E-state index in [2.05, 4.69) is 17.2 Å². The van der Waals surface area contributed by atoms with Crippen LogP contribution in [-0.2, 0) is 19.6 Å². The van der Waals surface area contributed by atoms with Crippen molar-refractivity contribution in [1.29, 1.82) is 0 Å². The van der Waals surface area contributed by atoms with Crippen molar-refractivity contribution < 1.29 is 28.0 Å². The number of thioether (sulfide) groups is 1. The van der Waals surface area contributed by atoms with Gasteiger partial charge in [0.1, 0.15) is 18.4 Å². The Hall–Kier alpha value is -2.30. The van der Waals surface area contributed by atoms with Gasteiger partial charge in [0.15, 0.2) is 0 Å². The quantitative estimate of drug-likeness (QED) is 0.233. The van der Waals surface area contributed by atoms with Crippen molar-refractivity contribution in [2.75, 3.05) is 40.3 Å². The minimum absolute atomic E-state index is 0.0287. The van der Waals surface area contributed by atoms with Gasteiger partial charge in [0.25, 0.3) is 5.91 Å². The molecule has 12 heteroatoms. The predicted molar refractivity (Wildman–Crippen MR) is 135 cm³/mol. The van der Waals surface area contributed by atoms with E-state index in [0.29, 0.717) is 18.8 Å². The average Bonchev–Trinajstić information content (AvgIpc) is 2.78. The van der Waals surface area contributed by atoms with Crippen LogP contribution < -0.4 is 15.5 Å². The molecule has 1 heterocycles. The molecule has 2 rings (SSSR count). The van der Waals surface area contributed by atoms with Crippen LogP contribution in [0.1, 0.15) is 27.2 Å². The van der Waals surface area contributed by atoms with Crippen LogP contribution in [0.25, 0.3) is 0 Å². The van der Waals surface area contributed by atoms with Crippen molar-refractivity contribution >= 4 is 33.6 Å². The number of hydrogen-bond acceptors (Lipinski definition) is 8. The summed E-state index contributed by atoms with van der Waals surface area (Å²) < 4.78 is 32.9. The van der Waals surface area contributed by atoms with E-state index in [1.807, 2.05) is 19.0 Å². The van der Waals surface area contributed by atoms with Crippen molar-refractivity contribution in [3.05, 3.63) is 24.3 Å². The molecule has 10 nitrogen and oxygen atoms in total. The molecule has 194 valence electrons. The lowest BCUT2D eigenvalue weighted by Crippen LogP contribution is -2.63. The van der Waals surface area contributed by atoms with Gasteiger partial charge in [-0.15, -0.1) is 17.7 Å². The van der Waals surface area contributed by atoms with E-state index in [9.17, 15) is 23.2 Å². The molecule has 1 aliphatic rings. The average molecular weight is 527 g/mol. The molecule has 0 radical (unpaired) electrons. The molecular formula is C23H34N4O6S2. The van der Waals surface area contributed by atoms with E-state index in [-0.39, 0.29) is 30.4 Å². The van der Waals surface area contributed by atoms with Gasteiger partial charge in [0, 0.05) is 36.1 Å². The number of nitrogens with one attached hydrogen (secondary N) is 2. The lowest BCUT2D eigenvalue weighted by atomic mass is 10.0. The molecule has 0 unspecified atom stereocenters. The van der Waals surface area contributed by atoms with Gasteiger partial charge in [0.05, 0.1) is 4.90 Å². The highest BCUT2D eigenvalue weighted by Gasteiger charge is 2.51. The Morgan fingerprint density at radius 3 is 2.51 bits per heavy atom. The fraction of sp³-hybridized carbons (Fsp3) is 0.565. The second-order valence-electron chi connectivity index (χ2n) is 8.84. The summed E-state index contributed by atoms with van der Waals surface area (Å²) in [4.78, 5) is 27.0. The van der Waals surface area contributed by atoms with Gasteiger partial charge in [-0.1, -0.05) is 5.92 Å². The number of amides is 2. The zero-order valence-corrected chi connectivity index (χ0v) is 22.3. The third-order valence-corrected chi connectivity index (χ3v) is 8.70. The van der Waals surface area contributed by atoms with Gasteiger partial charge in [-0.05, 0) is 59.1 Å².